The molecular weight excluding hydrogens is 262 g/mol. The number of aryl methyl sites for hydroxylation is 1. The van der Waals surface area contributed by atoms with Crippen LogP contribution in [0.1, 0.15) is 37.8 Å². The van der Waals surface area contributed by atoms with Crippen molar-refractivity contribution < 1.29 is 9.47 Å². The van der Waals surface area contributed by atoms with Crippen LogP contribution in [0, 0.1) is 5.41 Å². The lowest BCUT2D eigenvalue weighted by molar-refractivity contribution is -0.100. The summed E-state index contributed by atoms with van der Waals surface area (Å²) < 4.78 is 10.9. The van der Waals surface area contributed by atoms with Crippen LogP contribution >= 0.6 is 0 Å². The van der Waals surface area contributed by atoms with Crippen LogP contribution in [-0.2, 0) is 17.6 Å². The maximum atomic E-state index is 5.55. The Morgan fingerprint density at radius 2 is 2.00 bits per heavy atom. The van der Waals surface area contributed by atoms with E-state index < -0.39 is 0 Å². The van der Waals surface area contributed by atoms with Crippen molar-refractivity contribution in [1.82, 2.24) is 5.32 Å². The van der Waals surface area contributed by atoms with E-state index in [9.17, 15) is 0 Å². The number of methoxy groups -OCH3 is 2. The van der Waals surface area contributed by atoms with Crippen LogP contribution in [0.25, 0.3) is 0 Å². The quantitative estimate of drug-likeness (QED) is 0.924. The highest BCUT2D eigenvalue weighted by atomic mass is 16.5. The highest BCUT2D eigenvalue weighted by Crippen LogP contribution is 2.43. The Morgan fingerprint density at radius 1 is 1.19 bits per heavy atom. The molecule has 0 bridgehead atoms. The molecule has 116 valence electrons. The molecule has 3 unspecified atom stereocenters. The molecule has 3 rings (SSSR count). The van der Waals surface area contributed by atoms with E-state index in [1.54, 1.807) is 7.11 Å². The molecule has 21 heavy (non-hydrogen) atoms. The molecule has 3 atom stereocenters. The van der Waals surface area contributed by atoms with Gasteiger partial charge in [-0.1, -0.05) is 19.9 Å². The predicted molar refractivity (Wildman–Crippen MR) is 84.9 cm³/mol. The first kappa shape index (κ1) is 14.9. The molecule has 3 nitrogen and oxygen atoms in total. The van der Waals surface area contributed by atoms with Crippen LogP contribution in [-0.4, -0.2) is 32.4 Å². The fourth-order valence-electron chi connectivity index (χ4n) is 3.86. The monoisotopic (exact) mass is 289 g/mol. The molecular formula is C18H27NO2. The first-order valence-corrected chi connectivity index (χ1v) is 7.99. The average molecular weight is 289 g/mol. The van der Waals surface area contributed by atoms with Gasteiger partial charge in [-0.2, -0.15) is 0 Å². The van der Waals surface area contributed by atoms with Crippen LogP contribution in [0.3, 0.4) is 0 Å². The highest BCUT2D eigenvalue weighted by molar-refractivity contribution is 5.38. The van der Waals surface area contributed by atoms with Gasteiger partial charge in [-0.3, -0.25) is 0 Å². The summed E-state index contributed by atoms with van der Waals surface area (Å²) in [4.78, 5) is 0. The third kappa shape index (κ3) is 2.69. The number of hydrogen-bond donors (Lipinski definition) is 1. The van der Waals surface area contributed by atoms with E-state index in [0.29, 0.717) is 18.2 Å². The molecule has 2 aliphatic carbocycles. The van der Waals surface area contributed by atoms with Crippen LogP contribution in [0.15, 0.2) is 18.2 Å². The third-order valence-corrected chi connectivity index (χ3v) is 5.54. The number of benzene rings is 1. The Balaban J connectivity index is 1.64. The van der Waals surface area contributed by atoms with E-state index in [0.717, 1.165) is 25.0 Å². The fourth-order valence-corrected chi connectivity index (χ4v) is 3.86. The fraction of sp³-hybridized carbons (Fsp3) is 0.667. The molecule has 0 aromatic heterocycles. The number of hydrogen-bond acceptors (Lipinski definition) is 3. The van der Waals surface area contributed by atoms with E-state index in [1.807, 2.05) is 7.11 Å². The van der Waals surface area contributed by atoms with Crippen molar-refractivity contribution in [3.05, 3.63) is 29.3 Å². The maximum Gasteiger partial charge on any atom is 0.119 e. The van der Waals surface area contributed by atoms with Crippen molar-refractivity contribution in [1.29, 1.82) is 0 Å². The van der Waals surface area contributed by atoms with Crippen molar-refractivity contribution in [3.8, 4) is 5.75 Å². The second-order valence-corrected chi connectivity index (χ2v) is 7.08. The summed E-state index contributed by atoms with van der Waals surface area (Å²) in [6.07, 6.45) is 5.02. The van der Waals surface area contributed by atoms with Crippen molar-refractivity contribution in [2.75, 3.05) is 14.2 Å². The molecule has 1 aromatic rings. The van der Waals surface area contributed by atoms with Gasteiger partial charge < -0.3 is 14.8 Å². The van der Waals surface area contributed by atoms with E-state index in [-0.39, 0.29) is 5.41 Å². The highest BCUT2D eigenvalue weighted by Gasteiger charge is 2.49. The Hall–Kier alpha value is -1.06. The van der Waals surface area contributed by atoms with Gasteiger partial charge in [-0.05, 0) is 48.9 Å². The summed E-state index contributed by atoms with van der Waals surface area (Å²) in [5, 5.41) is 3.87. The molecule has 1 saturated carbocycles. The molecule has 0 heterocycles. The van der Waals surface area contributed by atoms with Gasteiger partial charge >= 0.3 is 0 Å². The zero-order valence-corrected chi connectivity index (χ0v) is 13.6. The van der Waals surface area contributed by atoms with Gasteiger partial charge in [0.25, 0.3) is 0 Å². The number of fused-ring (bicyclic) bond motifs is 1. The summed E-state index contributed by atoms with van der Waals surface area (Å²) >= 11 is 0. The second-order valence-electron chi connectivity index (χ2n) is 7.08. The minimum absolute atomic E-state index is 0.239. The summed E-state index contributed by atoms with van der Waals surface area (Å²) in [5.41, 5.74) is 3.17. The number of ether oxygens (including phenoxy) is 2. The zero-order valence-electron chi connectivity index (χ0n) is 13.6. The predicted octanol–water partition coefficient (Wildman–Crippen LogP) is 2.96. The molecule has 0 radical (unpaired) electrons. The summed E-state index contributed by atoms with van der Waals surface area (Å²) in [6, 6.07) is 7.64. The molecule has 1 aromatic carbocycles. The lowest BCUT2D eigenvalue weighted by Crippen LogP contribution is -2.63. The lowest BCUT2D eigenvalue weighted by Gasteiger charge is -2.53. The molecule has 1 N–H and O–H groups in total. The summed E-state index contributed by atoms with van der Waals surface area (Å²) in [7, 11) is 3.56. The Labute approximate surface area is 128 Å². The molecule has 0 spiro atoms. The second kappa shape index (κ2) is 5.62. The number of rotatable bonds is 4. The van der Waals surface area contributed by atoms with Gasteiger partial charge in [-0.25, -0.2) is 0 Å². The van der Waals surface area contributed by atoms with Gasteiger partial charge in [0.05, 0.1) is 13.2 Å². The molecule has 3 heteroatoms. The van der Waals surface area contributed by atoms with E-state index in [4.69, 9.17) is 9.47 Å². The molecule has 0 saturated heterocycles. The first-order valence-electron chi connectivity index (χ1n) is 7.99. The topological polar surface area (TPSA) is 30.5 Å². The smallest absolute Gasteiger partial charge is 0.119 e. The van der Waals surface area contributed by atoms with Crippen LogP contribution in [0.2, 0.25) is 0 Å². The van der Waals surface area contributed by atoms with Gasteiger partial charge in [0.2, 0.25) is 0 Å². The van der Waals surface area contributed by atoms with Crippen molar-refractivity contribution in [2.45, 2.75) is 57.7 Å². The average Bonchev–Trinajstić information content (AvgIpc) is 2.50. The van der Waals surface area contributed by atoms with Crippen LogP contribution in [0.4, 0.5) is 0 Å². The Morgan fingerprint density at radius 3 is 2.67 bits per heavy atom. The Bertz CT molecular complexity index is 512. The standard InChI is InChI=1S/C18H27NO2/c1-18(2)16(11-17(18)21-4)19-14-7-5-12-6-8-15(20-3)10-13(12)9-14/h6,8,10,14,16-17,19H,5,7,9,11H2,1-4H3. The summed E-state index contributed by atoms with van der Waals surface area (Å²) in [5.74, 6) is 0.970. The Kier molecular flexibility index (Phi) is 3.98. The van der Waals surface area contributed by atoms with E-state index in [2.05, 4.69) is 37.4 Å². The first-order chi connectivity index (χ1) is 10.0. The van der Waals surface area contributed by atoms with Crippen LogP contribution in [0.5, 0.6) is 5.75 Å². The van der Waals surface area contributed by atoms with Crippen molar-refractivity contribution in [3.63, 3.8) is 0 Å². The zero-order chi connectivity index (χ0) is 15.0. The molecule has 1 fully saturated rings. The van der Waals surface area contributed by atoms with Crippen LogP contribution < -0.4 is 10.1 Å². The minimum Gasteiger partial charge on any atom is -0.497 e. The van der Waals surface area contributed by atoms with Gasteiger partial charge in [0.15, 0.2) is 0 Å². The van der Waals surface area contributed by atoms with Gasteiger partial charge in [0.1, 0.15) is 5.75 Å². The summed E-state index contributed by atoms with van der Waals surface area (Å²) in [6.45, 7) is 4.62. The van der Waals surface area contributed by atoms with E-state index in [1.165, 1.54) is 17.5 Å². The number of nitrogens with one attached hydrogen (secondary N) is 1. The van der Waals surface area contributed by atoms with Crippen molar-refractivity contribution >= 4 is 0 Å². The van der Waals surface area contributed by atoms with Gasteiger partial charge in [0, 0.05) is 24.6 Å². The van der Waals surface area contributed by atoms with Gasteiger partial charge in [-0.15, -0.1) is 0 Å². The third-order valence-electron chi connectivity index (χ3n) is 5.54. The largest absolute Gasteiger partial charge is 0.497 e. The molecule has 0 aliphatic heterocycles. The molecule has 0 amide bonds. The normalized spacial score (nSPS) is 30.4. The minimum atomic E-state index is 0.239. The van der Waals surface area contributed by atoms with Crippen molar-refractivity contribution in [2.24, 2.45) is 5.41 Å². The lowest BCUT2D eigenvalue weighted by atomic mass is 9.64. The SMILES string of the molecule is COc1ccc2c(c1)CC(NC1CC(OC)C1(C)C)CC2. The van der Waals surface area contributed by atoms with E-state index >= 15 is 0 Å². The molecule has 2 aliphatic rings. The maximum absolute atomic E-state index is 5.55.